The van der Waals surface area contributed by atoms with Crippen molar-refractivity contribution in [2.24, 2.45) is 0 Å². The number of rotatable bonds is 9. The highest BCUT2D eigenvalue weighted by Gasteiger charge is 2.14. The van der Waals surface area contributed by atoms with Crippen LogP contribution in [0.4, 0.5) is 0 Å². The van der Waals surface area contributed by atoms with Crippen LogP contribution in [0.25, 0.3) is 0 Å². The van der Waals surface area contributed by atoms with E-state index in [9.17, 15) is 4.79 Å². The second-order valence-corrected chi connectivity index (χ2v) is 4.96. The number of methoxy groups -OCH3 is 4. The second kappa shape index (κ2) is 9.15. The number of nitrogens with one attached hydrogen (secondary N) is 1. The Hall–Kier alpha value is -1.95. The fraction of sp³-hybridized carbons (Fsp3) is 0.562. The molecule has 6 heteroatoms. The van der Waals surface area contributed by atoms with Crippen molar-refractivity contribution in [3.05, 3.63) is 17.7 Å². The third-order valence-electron chi connectivity index (χ3n) is 3.19. The molecule has 1 aromatic rings. The van der Waals surface area contributed by atoms with E-state index in [4.69, 9.17) is 18.9 Å². The number of benzene rings is 1. The van der Waals surface area contributed by atoms with Crippen molar-refractivity contribution in [1.29, 1.82) is 0 Å². The highest BCUT2D eigenvalue weighted by atomic mass is 16.5. The fourth-order valence-corrected chi connectivity index (χ4v) is 2.18. The van der Waals surface area contributed by atoms with Crippen LogP contribution < -0.4 is 19.5 Å². The Morgan fingerprint density at radius 2 is 1.68 bits per heavy atom. The minimum absolute atomic E-state index is 0.00237. The molecule has 1 N–H and O–H groups in total. The lowest BCUT2D eigenvalue weighted by molar-refractivity contribution is -0.122. The molecule has 1 unspecified atom stereocenters. The van der Waals surface area contributed by atoms with Gasteiger partial charge in [0.25, 0.3) is 0 Å². The van der Waals surface area contributed by atoms with E-state index in [2.05, 4.69) is 5.32 Å². The van der Waals surface area contributed by atoms with E-state index in [1.165, 1.54) is 0 Å². The average Bonchev–Trinajstić information content (AvgIpc) is 2.51. The predicted molar refractivity (Wildman–Crippen MR) is 83.9 cm³/mol. The van der Waals surface area contributed by atoms with E-state index in [0.29, 0.717) is 36.7 Å². The molecule has 0 fully saturated rings. The Bertz CT molecular complexity index is 464. The van der Waals surface area contributed by atoms with Gasteiger partial charge in [-0.15, -0.1) is 0 Å². The number of amides is 1. The van der Waals surface area contributed by atoms with Crippen molar-refractivity contribution in [1.82, 2.24) is 5.32 Å². The van der Waals surface area contributed by atoms with Gasteiger partial charge in [0.05, 0.1) is 27.9 Å². The van der Waals surface area contributed by atoms with Crippen molar-refractivity contribution >= 4 is 5.91 Å². The van der Waals surface area contributed by atoms with Crippen LogP contribution >= 0.6 is 0 Å². The highest BCUT2D eigenvalue weighted by molar-refractivity contribution is 5.76. The number of hydrogen-bond acceptors (Lipinski definition) is 5. The highest BCUT2D eigenvalue weighted by Crippen LogP contribution is 2.38. The summed E-state index contributed by atoms with van der Waals surface area (Å²) in [4.78, 5) is 11.9. The number of ether oxygens (including phenoxy) is 4. The smallest absolute Gasteiger partial charge is 0.220 e. The second-order valence-electron chi connectivity index (χ2n) is 4.96. The summed E-state index contributed by atoms with van der Waals surface area (Å²) in [6.07, 6.45) is 0.967. The molecule has 1 atom stereocenters. The Morgan fingerprint density at radius 1 is 1.09 bits per heavy atom. The summed E-state index contributed by atoms with van der Waals surface area (Å²) >= 11 is 0. The molecule has 0 spiro atoms. The third kappa shape index (κ3) is 5.11. The zero-order chi connectivity index (χ0) is 16.5. The molecule has 124 valence electrons. The van der Waals surface area contributed by atoms with Gasteiger partial charge in [-0.05, 0) is 31.0 Å². The van der Waals surface area contributed by atoms with Gasteiger partial charge in [-0.3, -0.25) is 4.79 Å². The summed E-state index contributed by atoms with van der Waals surface area (Å²) in [6.45, 7) is 2.40. The van der Waals surface area contributed by atoms with E-state index in [1.807, 2.05) is 19.1 Å². The minimum Gasteiger partial charge on any atom is -0.493 e. The topological polar surface area (TPSA) is 66.0 Å². The first-order valence-corrected chi connectivity index (χ1v) is 7.12. The zero-order valence-electron chi connectivity index (χ0n) is 13.9. The van der Waals surface area contributed by atoms with Gasteiger partial charge in [-0.25, -0.2) is 0 Å². The summed E-state index contributed by atoms with van der Waals surface area (Å²) in [5, 5.41) is 2.88. The zero-order valence-corrected chi connectivity index (χ0v) is 13.9. The van der Waals surface area contributed by atoms with Crippen molar-refractivity contribution in [2.75, 3.05) is 35.0 Å². The van der Waals surface area contributed by atoms with E-state index in [1.54, 1.807) is 28.4 Å². The van der Waals surface area contributed by atoms with Gasteiger partial charge in [0.2, 0.25) is 11.7 Å². The van der Waals surface area contributed by atoms with Gasteiger partial charge in [-0.2, -0.15) is 0 Å². The van der Waals surface area contributed by atoms with E-state index in [-0.39, 0.29) is 11.9 Å². The van der Waals surface area contributed by atoms with E-state index in [0.717, 1.165) is 5.56 Å². The summed E-state index contributed by atoms with van der Waals surface area (Å²) in [7, 11) is 6.31. The number of carbonyl (C=O) groups excluding carboxylic acids is 1. The third-order valence-corrected chi connectivity index (χ3v) is 3.19. The maximum absolute atomic E-state index is 11.9. The summed E-state index contributed by atoms with van der Waals surface area (Å²) in [5.74, 6) is 1.71. The molecule has 0 aliphatic rings. The van der Waals surface area contributed by atoms with E-state index >= 15 is 0 Å². The summed E-state index contributed by atoms with van der Waals surface area (Å²) < 4.78 is 20.9. The van der Waals surface area contributed by atoms with Crippen LogP contribution in [0, 0.1) is 0 Å². The molecule has 0 bridgehead atoms. The summed E-state index contributed by atoms with van der Waals surface area (Å²) in [5.41, 5.74) is 0.948. The predicted octanol–water partition coefficient (Wildman–Crippen LogP) is 1.80. The maximum Gasteiger partial charge on any atom is 0.220 e. The quantitative estimate of drug-likeness (QED) is 0.753. The molecule has 1 rings (SSSR count). The molecule has 0 aliphatic carbocycles. The van der Waals surface area contributed by atoms with Crippen LogP contribution in [0.2, 0.25) is 0 Å². The number of aryl methyl sites for hydroxylation is 1. The maximum atomic E-state index is 11.9. The Kier molecular flexibility index (Phi) is 7.52. The molecule has 1 aromatic carbocycles. The molecular formula is C16H25NO5. The van der Waals surface area contributed by atoms with E-state index < -0.39 is 0 Å². The SMILES string of the molecule is COCC(C)NC(=O)CCc1cc(OC)c(OC)c(OC)c1. The first-order valence-electron chi connectivity index (χ1n) is 7.12. The van der Waals surface area contributed by atoms with Gasteiger partial charge in [0.15, 0.2) is 11.5 Å². The summed E-state index contributed by atoms with van der Waals surface area (Å²) in [6, 6.07) is 3.71. The van der Waals surface area contributed by atoms with Gasteiger partial charge < -0.3 is 24.3 Å². The molecule has 22 heavy (non-hydrogen) atoms. The van der Waals surface area contributed by atoms with Crippen molar-refractivity contribution in [2.45, 2.75) is 25.8 Å². The Labute approximate surface area is 131 Å². The average molecular weight is 311 g/mol. The van der Waals surface area contributed by atoms with Crippen LogP contribution in [0.3, 0.4) is 0 Å². The largest absolute Gasteiger partial charge is 0.493 e. The molecule has 6 nitrogen and oxygen atoms in total. The monoisotopic (exact) mass is 311 g/mol. The Balaban J connectivity index is 2.71. The number of hydrogen-bond donors (Lipinski definition) is 1. The number of carbonyl (C=O) groups is 1. The van der Waals surface area contributed by atoms with Crippen molar-refractivity contribution in [3.8, 4) is 17.2 Å². The first-order chi connectivity index (χ1) is 10.5. The van der Waals surface area contributed by atoms with Gasteiger partial charge in [-0.1, -0.05) is 0 Å². The lowest BCUT2D eigenvalue weighted by atomic mass is 10.1. The molecule has 0 saturated heterocycles. The molecular weight excluding hydrogens is 286 g/mol. The molecule has 0 heterocycles. The lowest BCUT2D eigenvalue weighted by Gasteiger charge is -2.15. The van der Waals surface area contributed by atoms with Crippen LogP contribution in [-0.2, 0) is 16.0 Å². The van der Waals surface area contributed by atoms with Gasteiger partial charge in [0, 0.05) is 19.6 Å². The van der Waals surface area contributed by atoms with Crippen LogP contribution in [0.15, 0.2) is 12.1 Å². The molecule has 1 amide bonds. The van der Waals surface area contributed by atoms with Crippen molar-refractivity contribution < 1.29 is 23.7 Å². The van der Waals surface area contributed by atoms with Crippen LogP contribution in [0.5, 0.6) is 17.2 Å². The molecule has 0 aliphatic heterocycles. The van der Waals surface area contributed by atoms with Crippen LogP contribution in [0.1, 0.15) is 18.9 Å². The minimum atomic E-state index is -0.0155. The fourth-order valence-electron chi connectivity index (χ4n) is 2.18. The molecule has 0 aromatic heterocycles. The molecule has 0 saturated carbocycles. The van der Waals surface area contributed by atoms with Crippen molar-refractivity contribution in [3.63, 3.8) is 0 Å². The normalized spacial score (nSPS) is 11.7. The van der Waals surface area contributed by atoms with Gasteiger partial charge in [0.1, 0.15) is 0 Å². The van der Waals surface area contributed by atoms with Gasteiger partial charge >= 0.3 is 0 Å². The standard InChI is InChI=1S/C16H25NO5/c1-11(10-19-2)17-15(18)7-6-12-8-13(20-3)16(22-5)14(9-12)21-4/h8-9,11H,6-7,10H2,1-5H3,(H,17,18). The lowest BCUT2D eigenvalue weighted by Crippen LogP contribution is -2.35. The van der Waals surface area contributed by atoms with Crippen LogP contribution in [-0.4, -0.2) is 47.0 Å². The first kappa shape index (κ1) is 18.1. The Morgan fingerprint density at radius 3 is 2.14 bits per heavy atom. The molecule has 0 radical (unpaired) electrons.